The molecule has 1 aliphatic rings. The Labute approximate surface area is 134 Å². The van der Waals surface area contributed by atoms with Crippen molar-refractivity contribution in [3.63, 3.8) is 0 Å². The number of hydrogen-bond donors (Lipinski definition) is 0. The Balaban J connectivity index is 1.65. The first-order valence-electron chi connectivity index (χ1n) is 7.24. The number of carbonyl (C=O) groups excluding carboxylic acids is 1. The van der Waals surface area contributed by atoms with Gasteiger partial charge in [0.1, 0.15) is 5.37 Å². The molecular weight excluding hydrogens is 298 g/mol. The quantitative estimate of drug-likeness (QED) is 0.839. The number of thioether (sulfide) groups is 1. The molecule has 0 N–H and O–H groups in total. The van der Waals surface area contributed by atoms with E-state index in [1.54, 1.807) is 11.3 Å². The van der Waals surface area contributed by atoms with Gasteiger partial charge < -0.3 is 4.90 Å². The zero-order chi connectivity index (χ0) is 14.7. The van der Waals surface area contributed by atoms with Crippen molar-refractivity contribution in [3.8, 4) is 0 Å². The van der Waals surface area contributed by atoms with Gasteiger partial charge in [0.2, 0.25) is 5.91 Å². The van der Waals surface area contributed by atoms with Crippen molar-refractivity contribution >= 4 is 29.0 Å². The number of carbonyl (C=O) groups is 1. The topological polar surface area (TPSA) is 20.3 Å². The highest BCUT2D eigenvalue weighted by Crippen LogP contribution is 2.38. The molecule has 3 rings (SSSR count). The van der Waals surface area contributed by atoms with Gasteiger partial charge in [-0.15, -0.1) is 23.1 Å². The molecule has 1 unspecified atom stereocenters. The average Bonchev–Trinajstić information content (AvgIpc) is 3.15. The highest BCUT2D eigenvalue weighted by Gasteiger charge is 2.30. The monoisotopic (exact) mass is 317 g/mol. The molecule has 2 nitrogen and oxygen atoms in total. The minimum absolute atomic E-state index is 0.197. The Morgan fingerprint density at radius 2 is 2.10 bits per heavy atom. The molecule has 2 heterocycles. The molecule has 0 saturated carbocycles. The summed E-state index contributed by atoms with van der Waals surface area (Å²) < 4.78 is 0. The first-order valence-corrected chi connectivity index (χ1v) is 9.17. The van der Waals surface area contributed by atoms with Crippen LogP contribution in [0.25, 0.3) is 0 Å². The third-order valence-corrected chi connectivity index (χ3v) is 6.17. The van der Waals surface area contributed by atoms with Crippen molar-refractivity contribution in [2.45, 2.75) is 25.1 Å². The Bertz CT molecular complexity index is 608. The predicted molar refractivity (Wildman–Crippen MR) is 90.7 cm³/mol. The van der Waals surface area contributed by atoms with Crippen LogP contribution in [-0.4, -0.2) is 23.1 Å². The van der Waals surface area contributed by atoms with Crippen LogP contribution < -0.4 is 0 Å². The summed E-state index contributed by atoms with van der Waals surface area (Å²) in [6, 6.07) is 12.5. The van der Waals surface area contributed by atoms with Crippen LogP contribution in [0.4, 0.5) is 0 Å². The second-order valence-corrected chi connectivity index (χ2v) is 7.44. The first-order chi connectivity index (χ1) is 10.3. The maximum Gasteiger partial charge on any atom is 0.224 e. The van der Waals surface area contributed by atoms with Gasteiger partial charge in [-0.3, -0.25) is 4.79 Å². The molecule has 0 aliphatic carbocycles. The van der Waals surface area contributed by atoms with Gasteiger partial charge in [0.15, 0.2) is 0 Å². The second kappa shape index (κ2) is 6.67. The fraction of sp³-hybridized carbons (Fsp3) is 0.353. The van der Waals surface area contributed by atoms with Crippen LogP contribution in [0.15, 0.2) is 41.8 Å². The summed E-state index contributed by atoms with van der Waals surface area (Å²) in [7, 11) is 0. The molecule has 0 bridgehead atoms. The maximum atomic E-state index is 12.6. The normalized spacial score (nSPS) is 18.1. The first kappa shape index (κ1) is 14.7. The molecule has 110 valence electrons. The fourth-order valence-electron chi connectivity index (χ4n) is 2.64. The molecule has 1 amide bonds. The van der Waals surface area contributed by atoms with Crippen LogP contribution in [0.1, 0.15) is 27.8 Å². The highest BCUT2D eigenvalue weighted by atomic mass is 32.2. The van der Waals surface area contributed by atoms with E-state index in [1.807, 2.05) is 34.9 Å². The molecule has 1 fully saturated rings. The molecule has 0 radical (unpaired) electrons. The van der Waals surface area contributed by atoms with Gasteiger partial charge in [0.05, 0.1) is 0 Å². The van der Waals surface area contributed by atoms with Gasteiger partial charge in [-0.1, -0.05) is 30.3 Å². The molecule has 4 heteroatoms. The van der Waals surface area contributed by atoms with Crippen LogP contribution >= 0.6 is 23.1 Å². The van der Waals surface area contributed by atoms with Gasteiger partial charge in [-0.2, -0.15) is 0 Å². The molecule has 1 aromatic heterocycles. The minimum Gasteiger partial charge on any atom is -0.326 e. The largest absolute Gasteiger partial charge is 0.326 e. The summed E-state index contributed by atoms with van der Waals surface area (Å²) in [6.07, 6.45) is 1.48. The van der Waals surface area contributed by atoms with Crippen LogP contribution in [0.5, 0.6) is 0 Å². The van der Waals surface area contributed by atoms with Gasteiger partial charge in [0, 0.05) is 23.6 Å². The molecule has 1 saturated heterocycles. The van der Waals surface area contributed by atoms with E-state index < -0.39 is 0 Å². The predicted octanol–water partition coefficient (Wildman–Crippen LogP) is 4.26. The molecule has 1 aromatic carbocycles. The Morgan fingerprint density at radius 1 is 1.29 bits per heavy atom. The lowest BCUT2D eigenvalue weighted by Gasteiger charge is -2.24. The van der Waals surface area contributed by atoms with E-state index in [2.05, 4.69) is 30.5 Å². The number of benzene rings is 1. The zero-order valence-electron chi connectivity index (χ0n) is 12.1. The summed E-state index contributed by atoms with van der Waals surface area (Å²) in [4.78, 5) is 15.9. The smallest absolute Gasteiger partial charge is 0.224 e. The second-order valence-electron chi connectivity index (χ2n) is 5.25. The van der Waals surface area contributed by atoms with E-state index in [9.17, 15) is 4.79 Å². The number of aryl methyl sites for hydroxylation is 2. The lowest BCUT2D eigenvalue weighted by atomic mass is 10.1. The molecule has 1 aliphatic heterocycles. The van der Waals surface area contributed by atoms with E-state index in [-0.39, 0.29) is 11.3 Å². The number of amides is 1. The van der Waals surface area contributed by atoms with E-state index >= 15 is 0 Å². The highest BCUT2D eigenvalue weighted by molar-refractivity contribution is 7.99. The Morgan fingerprint density at radius 3 is 2.81 bits per heavy atom. The standard InChI is InChI=1S/C17H19NOS2/c1-13-9-11-20-15(13)7-8-16(19)18-10-12-21-17(18)14-5-3-2-4-6-14/h2-6,9,11,17H,7-8,10,12H2,1H3. The van der Waals surface area contributed by atoms with Gasteiger partial charge in [-0.25, -0.2) is 0 Å². The SMILES string of the molecule is Cc1ccsc1CCC(=O)N1CCSC1c1ccccc1. The van der Waals surface area contributed by atoms with E-state index in [1.165, 1.54) is 16.0 Å². The van der Waals surface area contributed by atoms with Crippen molar-refractivity contribution in [2.24, 2.45) is 0 Å². The Kier molecular flexibility index (Phi) is 4.66. The fourth-order valence-corrected chi connectivity index (χ4v) is 4.83. The van der Waals surface area contributed by atoms with Crippen LogP contribution in [0.3, 0.4) is 0 Å². The van der Waals surface area contributed by atoms with E-state index in [0.29, 0.717) is 6.42 Å². The molecular formula is C17H19NOS2. The third kappa shape index (κ3) is 3.33. The van der Waals surface area contributed by atoms with Crippen molar-refractivity contribution in [3.05, 3.63) is 57.8 Å². The maximum absolute atomic E-state index is 12.6. The van der Waals surface area contributed by atoms with Crippen LogP contribution in [-0.2, 0) is 11.2 Å². The molecule has 2 aromatic rings. The molecule has 0 spiro atoms. The lowest BCUT2D eigenvalue weighted by molar-refractivity contribution is -0.131. The number of rotatable bonds is 4. The molecule has 1 atom stereocenters. The summed E-state index contributed by atoms with van der Waals surface area (Å²) in [6.45, 7) is 2.99. The molecule has 21 heavy (non-hydrogen) atoms. The van der Waals surface area contributed by atoms with E-state index in [4.69, 9.17) is 0 Å². The van der Waals surface area contributed by atoms with Gasteiger partial charge in [-0.05, 0) is 35.9 Å². The summed E-state index contributed by atoms with van der Waals surface area (Å²) in [5.74, 6) is 1.31. The lowest BCUT2D eigenvalue weighted by Crippen LogP contribution is -2.30. The number of hydrogen-bond acceptors (Lipinski definition) is 3. The van der Waals surface area contributed by atoms with E-state index in [0.717, 1.165) is 18.7 Å². The minimum atomic E-state index is 0.197. The summed E-state index contributed by atoms with van der Waals surface area (Å²) >= 11 is 3.62. The van der Waals surface area contributed by atoms with Gasteiger partial charge >= 0.3 is 0 Å². The number of thiophene rings is 1. The number of nitrogens with zero attached hydrogens (tertiary/aromatic N) is 1. The van der Waals surface area contributed by atoms with Crippen LogP contribution in [0.2, 0.25) is 0 Å². The summed E-state index contributed by atoms with van der Waals surface area (Å²) in [5, 5.41) is 2.30. The third-order valence-electron chi connectivity index (χ3n) is 3.83. The van der Waals surface area contributed by atoms with Crippen molar-refractivity contribution in [1.29, 1.82) is 0 Å². The summed E-state index contributed by atoms with van der Waals surface area (Å²) in [5.41, 5.74) is 2.55. The van der Waals surface area contributed by atoms with Crippen molar-refractivity contribution < 1.29 is 4.79 Å². The average molecular weight is 317 g/mol. The zero-order valence-corrected chi connectivity index (χ0v) is 13.8. The van der Waals surface area contributed by atoms with Crippen molar-refractivity contribution in [1.82, 2.24) is 4.90 Å². The Hall–Kier alpha value is -1.26. The van der Waals surface area contributed by atoms with Crippen LogP contribution in [0, 0.1) is 6.92 Å². The van der Waals surface area contributed by atoms with Gasteiger partial charge in [0.25, 0.3) is 0 Å². The van der Waals surface area contributed by atoms with Crippen molar-refractivity contribution in [2.75, 3.05) is 12.3 Å².